The molecule has 0 aliphatic rings. The van der Waals surface area contributed by atoms with Gasteiger partial charge in [-0.1, -0.05) is 23.8 Å². The Balaban J connectivity index is 1.75. The number of methoxy groups -OCH3 is 1. The van der Waals surface area contributed by atoms with Crippen LogP contribution in [0.25, 0.3) is 27.7 Å². The van der Waals surface area contributed by atoms with Crippen molar-refractivity contribution < 1.29 is 13.9 Å². The number of hydrogen-bond donors (Lipinski definition) is 1. The fourth-order valence-corrected chi connectivity index (χ4v) is 4.73. The van der Waals surface area contributed by atoms with Crippen LogP contribution in [0.15, 0.2) is 70.2 Å². The average molecular weight is 472 g/mol. The lowest BCUT2D eigenvalue weighted by molar-refractivity contribution is -0.111. The van der Waals surface area contributed by atoms with E-state index < -0.39 is 0 Å². The van der Waals surface area contributed by atoms with Crippen molar-refractivity contribution in [3.63, 3.8) is 0 Å². The Labute approximate surface area is 205 Å². The minimum Gasteiger partial charge on any atom is -0.496 e. The van der Waals surface area contributed by atoms with Gasteiger partial charge >= 0.3 is 0 Å². The summed E-state index contributed by atoms with van der Waals surface area (Å²) in [6.07, 6.45) is 5.45. The van der Waals surface area contributed by atoms with Crippen LogP contribution in [-0.4, -0.2) is 19.3 Å². The summed E-state index contributed by atoms with van der Waals surface area (Å²) >= 11 is 1.67. The predicted molar refractivity (Wildman–Crippen MR) is 143 cm³/mol. The molecule has 4 rings (SSSR count). The number of thioether (sulfide) groups is 1. The van der Waals surface area contributed by atoms with E-state index >= 15 is 0 Å². The maximum absolute atomic E-state index is 12.8. The number of carbonyl (C=O) groups is 1. The highest BCUT2D eigenvalue weighted by molar-refractivity contribution is 7.98. The lowest BCUT2D eigenvalue weighted by Gasteiger charge is -2.14. The largest absolute Gasteiger partial charge is 0.496 e. The van der Waals surface area contributed by atoms with Crippen LogP contribution >= 0.6 is 11.8 Å². The van der Waals surface area contributed by atoms with E-state index in [2.05, 4.69) is 43.4 Å². The van der Waals surface area contributed by atoms with Crippen LogP contribution in [0, 0.1) is 20.8 Å². The lowest BCUT2D eigenvalue weighted by Crippen LogP contribution is -2.08. The molecule has 5 heteroatoms. The zero-order chi connectivity index (χ0) is 24.4. The average Bonchev–Trinajstić information content (AvgIpc) is 3.23. The summed E-state index contributed by atoms with van der Waals surface area (Å²) in [5, 5.41) is 3.95. The third-order valence-electron chi connectivity index (χ3n) is 6.05. The van der Waals surface area contributed by atoms with Crippen LogP contribution in [-0.2, 0) is 4.79 Å². The number of aryl methyl sites for hydroxylation is 3. The number of nitrogens with one attached hydrogen (secondary N) is 1. The summed E-state index contributed by atoms with van der Waals surface area (Å²) in [5.74, 6) is 0.524. The minimum absolute atomic E-state index is 0.184. The smallest absolute Gasteiger partial charge is 0.248 e. The molecule has 0 atom stereocenters. The van der Waals surface area contributed by atoms with E-state index in [1.807, 2.05) is 50.6 Å². The number of ether oxygens (including phenoxy) is 1. The standard InChI is InChI=1S/C29H29NO3S/c1-17-7-12-23(18(2)13-17)26-16-33-29-20(4)28(32-5)24(15-25(26)29)19(3)14-27(31)30-21-8-10-22(34-6)11-9-21/h7-16H,1-6H3,(H,30,31)/b19-14+. The minimum atomic E-state index is -0.184. The van der Waals surface area contributed by atoms with E-state index in [0.29, 0.717) is 5.75 Å². The van der Waals surface area contributed by atoms with Crippen LogP contribution in [0.5, 0.6) is 5.75 Å². The molecule has 4 aromatic rings. The van der Waals surface area contributed by atoms with E-state index in [9.17, 15) is 4.79 Å². The third kappa shape index (κ3) is 4.62. The third-order valence-corrected chi connectivity index (χ3v) is 6.79. The number of allylic oxidation sites excluding steroid dienone is 1. The van der Waals surface area contributed by atoms with Gasteiger partial charge in [-0.05, 0) is 81.0 Å². The fraction of sp³-hybridized carbons (Fsp3) is 0.207. The summed E-state index contributed by atoms with van der Waals surface area (Å²) in [6.45, 7) is 8.12. The summed E-state index contributed by atoms with van der Waals surface area (Å²) in [7, 11) is 1.65. The van der Waals surface area contributed by atoms with Gasteiger partial charge in [0.25, 0.3) is 0 Å². The zero-order valence-corrected chi connectivity index (χ0v) is 21.2. The van der Waals surface area contributed by atoms with Gasteiger partial charge in [0.2, 0.25) is 5.91 Å². The van der Waals surface area contributed by atoms with E-state index in [4.69, 9.17) is 9.15 Å². The van der Waals surface area contributed by atoms with Crippen molar-refractivity contribution in [2.24, 2.45) is 0 Å². The van der Waals surface area contributed by atoms with E-state index in [1.165, 1.54) is 11.1 Å². The molecule has 1 aromatic heterocycles. The molecule has 34 heavy (non-hydrogen) atoms. The molecular weight excluding hydrogens is 442 g/mol. The molecule has 0 spiro atoms. The number of carbonyl (C=O) groups excluding carboxylic acids is 1. The molecule has 174 valence electrons. The molecule has 0 bridgehead atoms. The number of fused-ring (bicyclic) bond motifs is 1. The quantitative estimate of drug-likeness (QED) is 0.230. The first-order valence-electron chi connectivity index (χ1n) is 11.1. The molecule has 0 fully saturated rings. The van der Waals surface area contributed by atoms with Gasteiger partial charge in [0.15, 0.2) is 0 Å². The first-order chi connectivity index (χ1) is 16.3. The Kier molecular flexibility index (Phi) is 6.85. The first kappa shape index (κ1) is 23.7. The molecule has 0 saturated heterocycles. The predicted octanol–water partition coefficient (Wildman–Crippen LogP) is 7.80. The van der Waals surface area contributed by atoms with Crippen molar-refractivity contribution in [3.05, 3.63) is 83.1 Å². The van der Waals surface area contributed by atoms with Crippen LogP contribution < -0.4 is 10.1 Å². The molecule has 1 N–H and O–H groups in total. The van der Waals surface area contributed by atoms with Gasteiger partial charge in [-0.2, -0.15) is 0 Å². The van der Waals surface area contributed by atoms with E-state index in [0.717, 1.165) is 49.4 Å². The highest BCUT2D eigenvalue weighted by Gasteiger charge is 2.19. The Morgan fingerprint density at radius 1 is 1.03 bits per heavy atom. The first-order valence-corrected chi connectivity index (χ1v) is 12.3. The molecule has 1 heterocycles. The van der Waals surface area contributed by atoms with Crippen LogP contribution in [0.1, 0.15) is 29.2 Å². The molecular formula is C29H29NO3S. The highest BCUT2D eigenvalue weighted by Crippen LogP contribution is 2.41. The molecule has 0 saturated carbocycles. The fourth-order valence-electron chi connectivity index (χ4n) is 4.32. The van der Waals surface area contributed by atoms with Crippen molar-refractivity contribution in [1.82, 2.24) is 0 Å². The van der Waals surface area contributed by atoms with Gasteiger partial charge in [-0.15, -0.1) is 11.8 Å². The normalized spacial score (nSPS) is 11.6. The molecule has 0 unspecified atom stereocenters. The van der Waals surface area contributed by atoms with E-state index in [1.54, 1.807) is 24.9 Å². The van der Waals surface area contributed by atoms with Crippen molar-refractivity contribution in [3.8, 4) is 16.9 Å². The molecule has 4 nitrogen and oxygen atoms in total. The molecule has 0 aliphatic carbocycles. The highest BCUT2D eigenvalue weighted by atomic mass is 32.2. The Hall–Kier alpha value is -3.44. The van der Waals surface area contributed by atoms with Crippen molar-refractivity contribution >= 4 is 39.9 Å². The number of hydrogen-bond acceptors (Lipinski definition) is 4. The number of anilines is 1. The monoisotopic (exact) mass is 471 g/mol. The topological polar surface area (TPSA) is 51.5 Å². The van der Waals surface area contributed by atoms with Crippen molar-refractivity contribution in [2.75, 3.05) is 18.7 Å². The van der Waals surface area contributed by atoms with Crippen LogP contribution in [0.2, 0.25) is 0 Å². The molecule has 1 amide bonds. The lowest BCUT2D eigenvalue weighted by atomic mass is 9.94. The Morgan fingerprint density at radius 3 is 2.41 bits per heavy atom. The van der Waals surface area contributed by atoms with Gasteiger partial charge < -0.3 is 14.5 Å². The van der Waals surface area contributed by atoms with Gasteiger partial charge in [-0.3, -0.25) is 4.79 Å². The Bertz CT molecular complexity index is 1400. The van der Waals surface area contributed by atoms with E-state index in [-0.39, 0.29) is 5.91 Å². The van der Waals surface area contributed by atoms with Gasteiger partial charge in [-0.25, -0.2) is 0 Å². The van der Waals surface area contributed by atoms with Gasteiger partial charge in [0.1, 0.15) is 11.3 Å². The summed E-state index contributed by atoms with van der Waals surface area (Å²) in [6, 6.07) is 16.3. The maximum Gasteiger partial charge on any atom is 0.248 e. The Morgan fingerprint density at radius 2 is 1.76 bits per heavy atom. The summed E-state index contributed by atoms with van der Waals surface area (Å²) in [4.78, 5) is 13.9. The molecule has 0 aliphatic heterocycles. The van der Waals surface area contributed by atoms with Gasteiger partial charge in [0, 0.05) is 38.7 Å². The van der Waals surface area contributed by atoms with Crippen LogP contribution in [0.3, 0.4) is 0 Å². The SMILES string of the molecule is COc1c(/C(C)=C/C(=O)Nc2ccc(SC)cc2)cc2c(-c3ccc(C)cc3C)coc2c1C. The van der Waals surface area contributed by atoms with Gasteiger partial charge in [0.05, 0.1) is 13.4 Å². The van der Waals surface area contributed by atoms with Crippen molar-refractivity contribution in [2.45, 2.75) is 32.6 Å². The second-order valence-corrected chi connectivity index (χ2v) is 9.35. The second-order valence-electron chi connectivity index (χ2n) is 8.47. The van der Waals surface area contributed by atoms with Crippen molar-refractivity contribution in [1.29, 1.82) is 0 Å². The van der Waals surface area contributed by atoms with Crippen LogP contribution in [0.4, 0.5) is 5.69 Å². The number of benzene rings is 3. The summed E-state index contributed by atoms with van der Waals surface area (Å²) < 4.78 is 11.7. The number of amides is 1. The second kappa shape index (κ2) is 9.82. The number of furan rings is 1. The molecule has 3 aromatic carbocycles. The maximum atomic E-state index is 12.8. The number of rotatable bonds is 6. The zero-order valence-electron chi connectivity index (χ0n) is 20.4. The molecule has 0 radical (unpaired) electrons. The summed E-state index contributed by atoms with van der Waals surface area (Å²) in [5.41, 5.74) is 8.72.